The Morgan fingerprint density at radius 3 is 2.87 bits per heavy atom. The van der Waals surface area contributed by atoms with Gasteiger partial charge in [-0.05, 0) is 36.2 Å². The van der Waals surface area contributed by atoms with Gasteiger partial charge in [0.2, 0.25) is 0 Å². The molecule has 0 N–H and O–H groups in total. The van der Waals surface area contributed by atoms with Gasteiger partial charge in [0.15, 0.2) is 0 Å². The first-order valence-corrected chi connectivity index (χ1v) is 6.13. The molecule has 4 heteroatoms. The number of Topliss-reactive ketones (excluding diaryl/α,β-unsaturated/α-hetero) is 1. The van der Waals surface area contributed by atoms with Gasteiger partial charge in [-0.25, -0.2) is 0 Å². The zero-order valence-electron chi connectivity index (χ0n) is 9.03. The molecule has 1 aliphatic carbocycles. The zero-order valence-corrected chi connectivity index (χ0v) is 10.6. The van der Waals surface area contributed by atoms with Gasteiger partial charge < -0.3 is 0 Å². The van der Waals surface area contributed by atoms with Crippen molar-refractivity contribution in [3.05, 3.63) is 16.4 Å². The van der Waals surface area contributed by atoms with E-state index < -0.39 is 0 Å². The van der Waals surface area contributed by atoms with Crippen molar-refractivity contribution >= 4 is 21.7 Å². The molecule has 82 valence electrons. The summed E-state index contributed by atoms with van der Waals surface area (Å²) in [5, 5.41) is 4.34. The number of nitrogens with zero attached hydrogens (tertiary/aromatic N) is 2. The third-order valence-electron chi connectivity index (χ3n) is 2.91. The monoisotopic (exact) mass is 270 g/mol. The second-order valence-electron chi connectivity index (χ2n) is 4.39. The van der Waals surface area contributed by atoms with E-state index in [1.807, 2.05) is 10.9 Å². The minimum absolute atomic E-state index is 0.349. The highest BCUT2D eigenvalue weighted by atomic mass is 79.9. The fourth-order valence-electron chi connectivity index (χ4n) is 2.19. The fraction of sp³-hybridized carbons (Fsp3) is 0.636. The summed E-state index contributed by atoms with van der Waals surface area (Å²) in [6.07, 6.45) is 4.20. The van der Waals surface area contributed by atoms with Crippen molar-refractivity contribution in [2.75, 3.05) is 0 Å². The maximum Gasteiger partial charge on any atom is 0.133 e. The molecular formula is C11H15BrN2O. The van der Waals surface area contributed by atoms with Crippen LogP contribution in [-0.4, -0.2) is 15.6 Å². The largest absolute Gasteiger partial charge is 0.300 e. The molecular weight excluding hydrogens is 256 g/mol. The van der Waals surface area contributed by atoms with Crippen molar-refractivity contribution in [3.8, 4) is 0 Å². The van der Waals surface area contributed by atoms with Crippen molar-refractivity contribution in [1.29, 1.82) is 0 Å². The topological polar surface area (TPSA) is 34.9 Å². The molecule has 15 heavy (non-hydrogen) atoms. The standard InChI is InChI=1S/C11H15BrN2O/c1-7(2)14-11(10(12)6-13-14)8-3-4-9(15)5-8/h6-8H,3-5H2,1-2H3. The summed E-state index contributed by atoms with van der Waals surface area (Å²) in [7, 11) is 0. The molecule has 1 heterocycles. The predicted octanol–water partition coefficient (Wildman–Crippen LogP) is 3.06. The number of hydrogen-bond donors (Lipinski definition) is 0. The smallest absolute Gasteiger partial charge is 0.133 e. The van der Waals surface area contributed by atoms with Crippen molar-refractivity contribution in [3.63, 3.8) is 0 Å². The molecule has 1 aromatic heterocycles. The molecule has 0 aromatic carbocycles. The summed E-state index contributed by atoms with van der Waals surface area (Å²) in [5.41, 5.74) is 1.19. The Morgan fingerprint density at radius 1 is 1.60 bits per heavy atom. The molecule has 1 aromatic rings. The molecule has 1 aliphatic rings. The zero-order chi connectivity index (χ0) is 11.0. The van der Waals surface area contributed by atoms with Crippen LogP contribution < -0.4 is 0 Å². The molecule has 1 unspecified atom stereocenters. The lowest BCUT2D eigenvalue weighted by Crippen LogP contribution is -2.10. The molecule has 0 bridgehead atoms. The number of hydrogen-bond acceptors (Lipinski definition) is 2. The van der Waals surface area contributed by atoms with Crippen LogP contribution in [-0.2, 0) is 4.79 Å². The van der Waals surface area contributed by atoms with Gasteiger partial charge >= 0.3 is 0 Å². The highest BCUT2D eigenvalue weighted by Crippen LogP contribution is 2.36. The maximum atomic E-state index is 11.3. The molecule has 0 radical (unpaired) electrons. The first-order valence-electron chi connectivity index (χ1n) is 5.34. The van der Waals surface area contributed by atoms with Gasteiger partial charge in [-0.2, -0.15) is 5.10 Å². The first kappa shape index (κ1) is 10.9. The molecule has 0 aliphatic heterocycles. The van der Waals surface area contributed by atoms with E-state index in [-0.39, 0.29) is 0 Å². The van der Waals surface area contributed by atoms with Crippen LogP contribution in [0.4, 0.5) is 0 Å². The Kier molecular flexibility index (Phi) is 2.96. The van der Waals surface area contributed by atoms with Crippen molar-refractivity contribution in [1.82, 2.24) is 9.78 Å². The number of halogens is 1. The van der Waals surface area contributed by atoms with Gasteiger partial charge in [0.1, 0.15) is 5.78 Å². The highest BCUT2D eigenvalue weighted by Gasteiger charge is 2.28. The second kappa shape index (κ2) is 4.08. The van der Waals surface area contributed by atoms with Gasteiger partial charge in [0.05, 0.1) is 16.4 Å². The first-order chi connectivity index (χ1) is 7.09. The fourth-order valence-corrected chi connectivity index (χ4v) is 2.79. The molecule has 1 saturated carbocycles. The molecule has 0 spiro atoms. The Morgan fingerprint density at radius 2 is 2.33 bits per heavy atom. The second-order valence-corrected chi connectivity index (χ2v) is 5.25. The summed E-state index contributed by atoms with van der Waals surface area (Å²) in [6, 6.07) is 0.349. The maximum absolute atomic E-state index is 11.3. The van der Waals surface area contributed by atoms with Gasteiger partial charge in [0.25, 0.3) is 0 Å². The molecule has 0 saturated heterocycles. The number of ketones is 1. The molecule has 1 atom stereocenters. The van der Waals surface area contributed by atoms with Gasteiger partial charge in [-0.3, -0.25) is 9.48 Å². The van der Waals surface area contributed by atoms with Gasteiger partial charge in [-0.15, -0.1) is 0 Å². The van der Waals surface area contributed by atoms with E-state index in [1.54, 1.807) is 0 Å². The van der Waals surface area contributed by atoms with E-state index in [9.17, 15) is 4.79 Å². The van der Waals surface area contributed by atoms with Crippen LogP contribution >= 0.6 is 15.9 Å². The lowest BCUT2D eigenvalue weighted by atomic mass is 10.0. The Hall–Kier alpha value is -0.640. The van der Waals surface area contributed by atoms with Crippen molar-refractivity contribution in [2.45, 2.75) is 45.1 Å². The molecule has 0 amide bonds. The molecule has 2 rings (SSSR count). The number of aromatic nitrogens is 2. The van der Waals surface area contributed by atoms with Crippen molar-refractivity contribution in [2.24, 2.45) is 0 Å². The Bertz CT molecular complexity index is 384. The third-order valence-corrected chi connectivity index (χ3v) is 3.52. The van der Waals surface area contributed by atoms with E-state index >= 15 is 0 Å². The van der Waals surface area contributed by atoms with E-state index in [4.69, 9.17) is 0 Å². The third kappa shape index (κ3) is 2.00. The van der Waals surface area contributed by atoms with Crippen LogP contribution in [0.25, 0.3) is 0 Å². The van der Waals surface area contributed by atoms with E-state index in [0.717, 1.165) is 17.3 Å². The van der Waals surface area contributed by atoms with Crippen LogP contribution in [0.2, 0.25) is 0 Å². The molecule has 3 nitrogen and oxygen atoms in total. The average molecular weight is 271 g/mol. The lowest BCUT2D eigenvalue weighted by Gasteiger charge is -2.15. The van der Waals surface area contributed by atoms with Crippen molar-refractivity contribution < 1.29 is 4.79 Å². The number of rotatable bonds is 2. The van der Waals surface area contributed by atoms with Crippen LogP contribution in [0, 0.1) is 0 Å². The predicted molar refractivity (Wildman–Crippen MR) is 61.9 cm³/mol. The minimum atomic E-state index is 0.349. The summed E-state index contributed by atoms with van der Waals surface area (Å²) in [6.45, 7) is 4.22. The van der Waals surface area contributed by atoms with Crippen LogP contribution in [0.15, 0.2) is 10.7 Å². The van der Waals surface area contributed by atoms with Crippen LogP contribution in [0.5, 0.6) is 0 Å². The molecule has 1 fully saturated rings. The van der Waals surface area contributed by atoms with Crippen LogP contribution in [0.3, 0.4) is 0 Å². The number of carbonyl (C=O) groups excluding carboxylic acids is 1. The minimum Gasteiger partial charge on any atom is -0.300 e. The van der Waals surface area contributed by atoms with Gasteiger partial charge in [0, 0.05) is 24.8 Å². The summed E-state index contributed by atoms with van der Waals surface area (Å²) < 4.78 is 3.06. The average Bonchev–Trinajstić information content (AvgIpc) is 2.71. The Balaban J connectivity index is 2.33. The van der Waals surface area contributed by atoms with Crippen LogP contribution in [0.1, 0.15) is 50.8 Å². The van der Waals surface area contributed by atoms with Gasteiger partial charge in [-0.1, -0.05) is 0 Å². The lowest BCUT2D eigenvalue weighted by molar-refractivity contribution is -0.117. The quantitative estimate of drug-likeness (QED) is 0.828. The Labute approximate surface area is 98.0 Å². The van der Waals surface area contributed by atoms with E-state index in [0.29, 0.717) is 24.2 Å². The van der Waals surface area contributed by atoms with E-state index in [2.05, 4.69) is 34.9 Å². The SMILES string of the molecule is CC(C)n1ncc(Br)c1C1CCC(=O)C1. The summed E-state index contributed by atoms with van der Waals surface area (Å²) >= 11 is 3.52. The normalized spacial score (nSPS) is 21.6. The van der Waals surface area contributed by atoms with E-state index in [1.165, 1.54) is 5.69 Å². The highest BCUT2D eigenvalue weighted by molar-refractivity contribution is 9.10. The summed E-state index contributed by atoms with van der Waals surface area (Å²) in [4.78, 5) is 11.3. The summed E-state index contributed by atoms with van der Waals surface area (Å²) in [5.74, 6) is 0.736. The number of carbonyl (C=O) groups is 1.